The lowest BCUT2D eigenvalue weighted by molar-refractivity contribution is -0.384. The zero-order valence-electron chi connectivity index (χ0n) is 9.74. The Morgan fingerprint density at radius 2 is 1.79 bits per heavy atom. The van der Waals surface area contributed by atoms with Gasteiger partial charge < -0.3 is 0 Å². The maximum atomic E-state index is 12.2. The predicted molar refractivity (Wildman–Crippen MR) is 70.1 cm³/mol. The van der Waals surface area contributed by atoms with E-state index in [1.807, 2.05) is 18.2 Å². The Balaban J connectivity index is 2.10. The van der Waals surface area contributed by atoms with Crippen molar-refractivity contribution in [2.75, 3.05) is 0 Å². The first-order valence-corrected chi connectivity index (χ1v) is 5.64. The van der Waals surface area contributed by atoms with Gasteiger partial charge in [-0.1, -0.05) is 30.3 Å². The first-order chi connectivity index (χ1) is 9.16. The fourth-order valence-corrected chi connectivity index (χ4v) is 2.01. The first kappa shape index (κ1) is 11.3. The smallest absolute Gasteiger partial charge is 0.271 e. The molecule has 0 amide bonds. The highest BCUT2D eigenvalue weighted by Gasteiger charge is 2.27. The molecule has 0 aliphatic carbocycles. The molecule has 19 heavy (non-hydrogen) atoms. The van der Waals surface area contributed by atoms with Crippen LogP contribution >= 0.6 is 0 Å². The number of rotatable bonds is 2. The number of aliphatic imine (C=N–C) groups is 1. The maximum Gasteiger partial charge on any atom is 0.271 e. The minimum Gasteiger partial charge on any atom is -0.287 e. The van der Waals surface area contributed by atoms with Crippen LogP contribution in [0.2, 0.25) is 0 Å². The number of ketones is 1. The van der Waals surface area contributed by atoms with E-state index in [1.165, 1.54) is 18.2 Å². The van der Waals surface area contributed by atoms with Crippen molar-refractivity contribution in [2.45, 2.75) is 0 Å². The van der Waals surface area contributed by atoms with Gasteiger partial charge in [-0.05, 0) is 6.07 Å². The summed E-state index contributed by atoms with van der Waals surface area (Å²) in [6.07, 6.45) is 0. The quantitative estimate of drug-likeness (QED) is 0.609. The third kappa shape index (κ3) is 1.81. The van der Waals surface area contributed by atoms with E-state index in [0.29, 0.717) is 22.5 Å². The normalized spacial score (nSPS) is 13.1. The molecule has 2 aromatic carbocycles. The summed E-state index contributed by atoms with van der Waals surface area (Å²) in [6.45, 7) is 0. The second-order valence-corrected chi connectivity index (χ2v) is 4.11. The summed E-state index contributed by atoms with van der Waals surface area (Å²) in [5, 5.41) is 10.7. The largest absolute Gasteiger partial charge is 0.287 e. The lowest BCUT2D eigenvalue weighted by Gasteiger charge is -1.97. The van der Waals surface area contributed by atoms with E-state index >= 15 is 0 Å². The molecule has 3 rings (SSSR count). The highest BCUT2D eigenvalue weighted by Crippen LogP contribution is 2.32. The molecular formula is C14H8N2O3. The van der Waals surface area contributed by atoms with Crippen LogP contribution < -0.4 is 0 Å². The molecule has 1 aliphatic rings. The number of carbonyl (C=O) groups excluding carboxylic acids is 1. The van der Waals surface area contributed by atoms with Crippen molar-refractivity contribution < 1.29 is 9.72 Å². The van der Waals surface area contributed by atoms with E-state index in [2.05, 4.69) is 4.99 Å². The van der Waals surface area contributed by atoms with Crippen molar-refractivity contribution in [1.29, 1.82) is 0 Å². The summed E-state index contributed by atoms with van der Waals surface area (Å²) in [7, 11) is 0. The molecule has 5 nitrogen and oxygen atoms in total. The van der Waals surface area contributed by atoms with Gasteiger partial charge in [-0.25, -0.2) is 4.99 Å². The molecule has 0 fully saturated rings. The summed E-state index contributed by atoms with van der Waals surface area (Å²) in [5.41, 5.74) is 1.74. The zero-order chi connectivity index (χ0) is 13.4. The van der Waals surface area contributed by atoms with E-state index in [9.17, 15) is 14.9 Å². The minimum atomic E-state index is -0.499. The Bertz CT molecular complexity index is 721. The van der Waals surface area contributed by atoms with Crippen LogP contribution in [-0.4, -0.2) is 16.4 Å². The van der Waals surface area contributed by atoms with Gasteiger partial charge in [0.25, 0.3) is 5.69 Å². The molecule has 0 aromatic heterocycles. The van der Waals surface area contributed by atoms with Crippen molar-refractivity contribution in [3.05, 3.63) is 69.8 Å². The fraction of sp³-hybridized carbons (Fsp3) is 0. The van der Waals surface area contributed by atoms with Crippen LogP contribution in [-0.2, 0) is 0 Å². The van der Waals surface area contributed by atoms with E-state index in [0.717, 1.165) is 0 Å². The molecule has 5 heteroatoms. The number of Topliss-reactive ketones (excluding diaryl/α,β-unsaturated/α-hetero) is 1. The molecule has 1 heterocycles. The molecule has 2 aromatic rings. The van der Waals surface area contributed by atoms with Gasteiger partial charge in [0.05, 0.1) is 16.2 Å². The van der Waals surface area contributed by atoms with Crippen LogP contribution in [0.3, 0.4) is 0 Å². The summed E-state index contributed by atoms with van der Waals surface area (Å²) >= 11 is 0. The van der Waals surface area contributed by atoms with Crippen molar-refractivity contribution >= 4 is 22.9 Å². The minimum absolute atomic E-state index is 0.0652. The molecule has 0 radical (unpaired) electrons. The Labute approximate surface area is 108 Å². The van der Waals surface area contributed by atoms with Gasteiger partial charge in [0.1, 0.15) is 5.71 Å². The molecule has 0 atom stereocenters. The molecule has 0 unspecified atom stereocenters. The van der Waals surface area contributed by atoms with Gasteiger partial charge >= 0.3 is 0 Å². The first-order valence-electron chi connectivity index (χ1n) is 5.64. The molecular weight excluding hydrogens is 244 g/mol. The van der Waals surface area contributed by atoms with Crippen LogP contribution in [0, 0.1) is 10.1 Å². The number of non-ortho nitro benzene ring substituents is 1. The number of carbonyl (C=O) groups is 1. The van der Waals surface area contributed by atoms with Crippen LogP contribution in [0.15, 0.2) is 53.5 Å². The molecule has 0 spiro atoms. The van der Waals surface area contributed by atoms with E-state index in [1.54, 1.807) is 12.1 Å². The van der Waals surface area contributed by atoms with E-state index in [-0.39, 0.29) is 11.5 Å². The number of nitro groups is 1. The summed E-state index contributed by atoms with van der Waals surface area (Å²) in [6, 6.07) is 13.2. The monoisotopic (exact) mass is 252 g/mol. The number of nitro benzene ring substituents is 1. The van der Waals surface area contributed by atoms with Crippen LogP contribution in [0.1, 0.15) is 15.9 Å². The number of nitrogens with zero attached hydrogens (tertiary/aromatic N) is 2. The van der Waals surface area contributed by atoms with Crippen molar-refractivity contribution in [1.82, 2.24) is 0 Å². The number of hydrogen-bond donors (Lipinski definition) is 0. The average Bonchev–Trinajstić information content (AvgIpc) is 2.76. The molecule has 0 N–H and O–H groups in total. The zero-order valence-corrected chi connectivity index (χ0v) is 9.74. The second-order valence-electron chi connectivity index (χ2n) is 4.11. The molecule has 92 valence electrons. The van der Waals surface area contributed by atoms with Crippen LogP contribution in [0.25, 0.3) is 0 Å². The van der Waals surface area contributed by atoms with Gasteiger partial charge in [-0.15, -0.1) is 0 Å². The summed E-state index contributed by atoms with van der Waals surface area (Å²) < 4.78 is 0. The van der Waals surface area contributed by atoms with E-state index < -0.39 is 4.92 Å². The van der Waals surface area contributed by atoms with Crippen molar-refractivity contribution in [3.8, 4) is 0 Å². The lowest BCUT2D eigenvalue weighted by atomic mass is 10.0. The van der Waals surface area contributed by atoms with Crippen LogP contribution in [0.4, 0.5) is 11.4 Å². The van der Waals surface area contributed by atoms with Crippen LogP contribution in [0.5, 0.6) is 0 Å². The molecule has 0 bridgehead atoms. The highest BCUT2D eigenvalue weighted by atomic mass is 16.6. The topological polar surface area (TPSA) is 72.6 Å². The Kier molecular flexibility index (Phi) is 2.45. The molecule has 1 aliphatic heterocycles. The Morgan fingerprint density at radius 1 is 1.05 bits per heavy atom. The van der Waals surface area contributed by atoms with Gasteiger partial charge in [-0.3, -0.25) is 14.9 Å². The number of hydrogen-bond acceptors (Lipinski definition) is 4. The van der Waals surface area contributed by atoms with Gasteiger partial charge in [0, 0.05) is 17.7 Å². The molecule has 0 saturated heterocycles. The highest BCUT2D eigenvalue weighted by molar-refractivity contribution is 6.54. The van der Waals surface area contributed by atoms with Gasteiger partial charge in [0.15, 0.2) is 0 Å². The summed E-state index contributed by atoms with van der Waals surface area (Å²) in [4.78, 5) is 26.6. The summed E-state index contributed by atoms with van der Waals surface area (Å²) in [5.74, 6) is -0.198. The standard InChI is InChI=1S/C14H8N2O3/c17-14-11-7-6-10(16(18)19)8-12(11)15-13(14)9-4-2-1-3-5-9/h1-8H. The van der Waals surface area contributed by atoms with Crippen molar-refractivity contribution in [3.63, 3.8) is 0 Å². The maximum absolute atomic E-state index is 12.2. The number of benzene rings is 2. The Morgan fingerprint density at radius 3 is 2.47 bits per heavy atom. The third-order valence-corrected chi connectivity index (χ3v) is 2.93. The average molecular weight is 252 g/mol. The van der Waals surface area contributed by atoms with Crippen molar-refractivity contribution in [2.24, 2.45) is 4.99 Å². The number of fused-ring (bicyclic) bond motifs is 1. The fourth-order valence-electron chi connectivity index (χ4n) is 2.01. The van der Waals surface area contributed by atoms with Gasteiger partial charge in [0.2, 0.25) is 5.78 Å². The predicted octanol–water partition coefficient (Wildman–Crippen LogP) is 2.91. The SMILES string of the molecule is O=C1C(c2ccccc2)=Nc2cc([N+](=O)[O-])ccc21. The Hall–Kier alpha value is -2.82. The lowest BCUT2D eigenvalue weighted by Crippen LogP contribution is -2.10. The third-order valence-electron chi connectivity index (χ3n) is 2.93. The van der Waals surface area contributed by atoms with E-state index in [4.69, 9.17) is 0 Å². The van der Waals surface area contributed by atoms with Gasteiger partial charge in [-0.2, -0.15) is 0 Å². The molecule has 0 saturated carbocycles. The second kappa shape index (κ2) is 4.13.